The third-order valence-electron chi connectivity index (χ3n) is 6.98. The average Bonchev–Trinajstić information content (AvgIpc) is 2.94. The summed E-state index contributed by atoms with van der Waals surface area (Å²) in [5.74, 6) is 0.767. The van der Waals surface area contributed by atoms with Crippen molar-refractivity contribution in [1.82, 2.24) is 0 Å². The molecule has 1 unspecified atom stereocenters. The van der Waals surface area contributed by atoms with E-state index in [2.05, 4.69) is 13.8 Å². The lowest BCUT2D eigenvalue weighted by molar-refractivity contribution is -0.120. The van der Waals surface area contributed by atoms with E-state index in [0.717, 1.165) is 54.9 Å². The maximum atomic E-state index is 12.8. The number of benzene rings is 2. The van der Waals surface area contributed by atoms with Crippen molar-refractivity contribution in [1.29, 1.82) is 0 Å². The number of carbonyl (C=O) groups is 1. The maximum absolute atomic E-state index is 12.8. The monoisotopic (exact) mass is 521 g/mol. The second kappa shape index (κ2) is 20.4. The second-order valence-electron chi connectivity index (χ2n) is 10.4. The number of ether oxygens (including phenoxy) is 2. The molecule has 0 saturated carbocycles. The molecule has 1 atom stereocenters. The number of unbranched alkanes of at least 4 members (excludes halogenated alkanes) is 11. The van der Waals surface area contributed by atoms with Crippen LogP contribution in [0.15, 0.2) is 48.5 Å². The normalized spacial score (nSPS) is 11.7. The van der Waals surface area contributed by atoms with E-state index in [-0.39, 0.29) is 12.2 Å². The molecule has 2 aromatic rings. The maximum Gasteiger partial charge on any atom is 0.209 e. The summed E-state index contributed by atoms with van der Waals surface area (Å²) in [6, 6.07) is 15.3. The van der Waals surface area contributed by atoms with Crippen LogP contribution in [0, 0.1) is 5.92 Å². The molecule has 0 aliphatic carbocycles. The topological polar surface area (TPSA) is 52.6 Å². The van der Waals surface area contributed by atoms with Crippen LogP contribution in [0.4, 0.5) is 0 Å². The summed E-state index contributed by atoms with van der Waals surface area (Å²) in [4.78, 5) is 24.3. The fourth-order valence-electron chi connectivity index (χ4n) is 4.53. The zero-order chi connectivity index (χ0) is 27.3. The van der Waals surface area contributed by atoms with Gasteiger partial charge in [0.1, 0.15) is 17.3 Å². The van der Waals surface area contributed by atoms with Gasteiger partial charge in [0.05, 0.1) is 19.1 Å². The summed E-state index contributed by atoms with van der Waals surface area (Å²) in [6.07, 6.45) is 19.0. The average molecular weight is 522 g/mol. The SMILES string of the molecule is CCCCCCCCCCCCOc1ccc(CC(=O)C([C]=O)Cc2ccc(OCCCCC)cc2)cc1. The van der Waals surface area contributed by atoms with Gasteiger partial charge >= 0.3 is 0 Å². The van der Waals surface area contributed by atoms with E-state index >= 15 is 0 Å². The zero-order valence-corrected chi connectivity index (χ0v) is 23.8. The predicted octanol–water partition coefficient (Wildman–Crippen LogP) is 8.64. The van der Waals surface area contributed by atoms with Crippen LogP contribution < -0.4 is 9.47 Å². The molecule has 0 saturated heterocycles. The number of hydrogen-bond donors (Lipinski definition) is 0. The third-order valence-corrected chi connectivity index (χ3v) is 6.98. The predicted molar refractivity (Wildman–Crippen MR) is 157 cm³/mol. The van der Waals surface area contributed by atoms with Crippen LogP contribution in [0.1, 0.15) is 108 Å². The molecule has 0 aliphatic heterocycles. The number of rotatable bonds is 23. The van der Waals surface area contributed by atoms with Gasteiger partial charge in [-0.15, -0.1) is 0 Å². The Bertz CT molecular complexity index is 872. The molecule has 2 rings (SSSR count). The summed E-state index contributed by atoms with van der Waals surface area (Å²) < 4.78 is 11.6. The van der Waals surface area contributed by atoms with Crippen molar-refractivity contribution < 1.29 is 19.1 Å². The van der Waals surface area contributed by atoms with Gasteiger partial charge in [0.25, 0.3) is 0 Å². The van der Waals surface area contributed by atoms with Crippen molar-refractivity contribution in [2.45, 2.75) is 110 Å². The van der Waals surface area contributed by atoms with Gasteiger partial charge in [-0.25, -0.2) is 0 Å². The number of Topliss-reactive ketones (excluding diaryl/α,β-unsaturated/α-hetero) is 1. The van der Waals surface area contributed by atoms with E-state index in [4.69, 9.17) is 9.47 Å². The lowest BCUT2D eigenvalue weighted by Gasteiger charge is -2.11. The summed E-state index contributed by atoms with van der Waals surface area (Å²) >= 11 is 0. The van der Waals surface area contributed by atoms with Crippen LogP contribution in [0.25, 0.3) is 0 Å². The van der Waals surface area contributed by atoms with Gasteiger partial charge in [-0.05, 0) is 54.7 Å². The lowest BCUT2D eigenvalue weighted by atomic mass is 9.93. The van der Waals surface area contributed by atoms with Crippen LogP contribution in [-0.2, 0) is 22.4 Å². The molecule has 38 heavy (non-hydrogen) atoms. The van der Waals surface area contributed by atoms with Crippen molar-refractivity contribution in [3.8, 4) is 11.5 Å². The molecule has 0 spiro atoms. The minimum Gasteiger partial charge on any atom is -0.494 e. The van der Waals surface area contributed by atoms with Gasteiger partial charge in [-0.3, -0.25) is 9.59 Å². The summed E-state index contributed by atoms with van der Waals surface area (Å²) in [5.41, 5.74) is 1.82. The van der Waals surface area contributed by atoms with E-state index < -0.39 is 5.92 Å². The Morgan fingerprint density at radius 3 is 1.55 bits per heavy atom. The quantitative estimate of drug-likeness (QED) is 0.108. The molecule has 1 radical (unpaired) electrons. The molecule has 0 fully saturated rings. The Hall–Kier alpha value is -2.62. The molecule has 4 heteroatoms. The molecular formula is C34H49O4. The summed E-state index contributed by atoms with van der Waals surface area (Å²) in [6.45, 7) is 5.86. The summed E-state index contributed by atoms with van der Waals surface area (Å²) in [5, 5.41) is 0. The first-order chi connectivity index (χ1) is 18.7. The fourth-order valence-corrected chi connectivity index (χ4v) is 4.53. The van der Waals surface area contributed by atoms with Crippen molar-refractivity contribution in [3.05, 3.63) is 59.7 Å². The molecule has 0 bridgehead atoms. The highest BCUT2D eigenvalue weighted by Gasteiger charge is 2.19. The highest BCUT2D eigenvalue weighted by Crippen LogP contribution is 2.19. The van der Waals surface area contributed by atoms with Crippen LogP contribution in [0.2, 0.25) is 0 Å². The first kappa shape index (κ1) is 31.6. The van der Waals surface area contributed by atoms with Crippen molar-refractivity contribution in [2.24, 2.45) is 5.92 Å². The van der Waals surface area contributed by atoms with E-state index in [0.29, 0.717) is 13.0 Å². The molecule has 209 valence electrons. The number of hydrogen-bond acceptors (Lipinski definition) is 4. The Morgan fingerprint density at radius 1 is 0.632 bits per heavy atom. The van der Waals surface area contributed by atoms with E-state index in [1.165, 1.54) is 57.8 Å². The minimum absolute atomic E-state index is 0.112. The van der Waals surface area contributed by atoms with E-state index in [9.17, 15) is 9.59 Å². The van der Waals surface area contributed by atoms with Crippen molar-refractivity contribution in [2.75, 3.05) is 13.2 Å². The second-order valence-corrected chi connectivity index (χ2v) is 10.4. The van der Waals surface area contributed by atoms with Crippen molar-refractivity contribution >= 4 is 12.1 Å². The molecule has 0 aromatic heterocycles. The minimum atomic E-state index is -0.765. The number of carbonyl (C=O) groups excluding carboxylic acids is 2. The Balaban J connectivity index is 1.64. The lowest BCUT2D eigenvalue weighted by Crippen LogP contribution is -2.20. The van der Waals surface area contributed by atoms with Gasteiger partial charge in [0, 0.05) is 6.42 Å². The van der Waals surface area contributed by atoms with Crippen LogP contribution in [0.5, 0.6) is 11.5 Å². The highest BCUT2D eigenvalue weighted by atomic mass is 16.5. The molecule has 2 aromatic carbocycles. The largest absolute Gasteiger partial charge is 0.494 e. The van der Waals surface area contributed by atoms with Gasteiger partial charge in [-0.1, -0.05) is 109 Å². The smallest absolute Gasteiger partial charge is 0.209 e. The van der Waals surface area contributed by atoms with Crippen LogP contribution in [0.3, 0.4) is 0 Å². The molecule has 0 aliphatic rings. The van der Waals surface area contributed by atoms with E-state index in [1.807, 2.05) is 54.8 Å². The first-order valence-electron chi connectivity index (χ1n) is 15.0. The Morgan fingerprint density at radius 2 is 1.05 bits per heavy atom. The molecule has 0 heterocycles. The molecule has 0 N–H and O–H groups in total. The van der Waals surface area contributed by atoms with Gasteiger partial charge in [0.2, 0.25) is 6.29 Å². The molecule has 0 amide bonds. The zero-order valence-electron chi connectivity index (χ0n) is 23.8. The molecular weight excluding hydrogens is 472 g/mol. The first-order valence-corrected chi connectivity index (χ1v) is 15.0. The van der Waals surface area contributed by atoms with E-state index in [1.54, 1.807) is 0 Å². The Labute approximate surface area is 231 Å². The van der Waals surface area contributed by atoms with Crippen molar-refractivity contribution in [3.63, 3.8) is 0 Å². The summed E-state index contributed by atoms with van der Waals surface area (Å²) in [7, 11) is 0. The fraction of sp³-hybridized carbons (Fsp3) is 0.588. The van der Waals surface area contributed by atoms with Gasteiger partial charge in [-0.2, -0.15) is 0 Å². The van der Waals surface area contributed by atoms with Crippen LogP contribution in [-0.4, -0.2) is 25.3 Å². The van der Waals surface area contributed by atoms with Gasteiger partial charge < -0.3 is 9.47 Å². The van der Waals surface area contributed by atoms with Crippen LogP contribution >= 0.6 is 0 Å². The highest BCUT2D eigenvalue weighted by molar-refractivity contribution is 5.95. The molecule has 4 nitrogen and oxygen atoms in total. The number of ketones is 1. The third kappa shape index (κ3) is 13.8. The van der Waals surface area contributed by atoms with Gasteiger partial charge in [0.15, 0.2) is 0 Å². The Kier molecular flexibility index (Phi) is 16.9. The standard InChI is InChI=1S/C34H49O4/c1-3-5-7-8-9-10-11-12-13-15-25-38-33-22-18-30(19-23-33)27-34(36)31(28-35)26-29-16-20-32(21-17-29)37-24-14-6-4-2/h16-23,31H,3-15,24-27H2,1-2H3.